The zero-order valence-corrected chi connectivity index (χ0v) is 13.5. The van der Waals surface area contributed by atoms with Gasteiger partial charge in [0.15, 0.2) is 0 Å². The molecule has 6 nitrogen and oxygen atoms in total. The van der Waals surface area contributed by atoms with Crippen molar-refractivity contribution in [1.29, 1.82) is 0 Å². The van der Waals surface area contributed by atoms with Gasteiger partial charge in [0.1, 0.15) is 5.79 Å². The van der Waals surface area contributed by atoms with Gasteiger partial charge in [-0.05, 0) is 26.2 Å². The van der Waals surface area contributed by atoms with Gasteiger partial charge in [0.2, 0.25) is 0 Å². The van der Waals surface area contributed by atoms with E-state index in [9.17, 15) is 5.11 Å². The van der Waals surface area contributed by atoms with Crippen LogP contribution in [-0.4, -0.2) is 77.6 Å². The van der Waals surface area contributed by atoms with Crippen LogP contribution in [0.15, 0.2) is 0 Å². The lowest BCUT2D eigenvalue weighted by molar-refractivity contribution is -0.108. The van der Waals surface area contributed by atoms with E-state index in [0.29, 0.717) is 18.0 Å². The molecular formula is C15H31N5O. The van der Waals surface area contributed by atoms with E-state index in [4.69, 9.17) is 5.73 Å². The van der Waals surface area contributed by atoms with Crippen molar-refractivity contribution in [3.05, 3.63) is 0 Å². The second-order valence-corrected chi connectivity index (χ2v) is 7.33. The molecule has 122 valence electrons. The zero-order valence-electron chi connectivity index (χ0n) is 13.5. The van der Waals surface area contributed by atoms with Crippen LogP contribution in [0, 0.1) is 5.92 Å². The van der Waals surface area contributed by atoms with Crippen molar-refractivity contribution >= 4 is 0 Å². The van der Waals surface area contributed by atoms with E-state index >= 15 is 0 Å². The summed E-state index contributed by atoms with van der Waals surface area (Å²) in [6, 6.07) is 1.00. The predicted octanol–water partition coefficient (Wildman–Crippen LogP) is -1.04. The first-order chi connectivity index (χ1) is 9.93. The lowest BCUT2D eigenvalue weighted by Gasteiger charge is -2.56. The Balaban J connectivity index is 1.87. The lowest BCUT2D eigenvalue weighted by atomic mass is 10.0. The van der Waals surface area contributed by atoms with Crippen LogP contribution in [0.25, 0.3) is 0 Å². The largest absolute Gasteiger partial charge is 0.392 e. The van der Waals surface area contributed by atoms with Gasteiger partial charge in [-0.15, -0.1) is 0 Å². The summed E-state index contributed by atoms with van der Waals surface area (Å²) in [4.78, 5) is 4.93. The summed E-state index contributed by atoms with van der Waals surface area (Å²) in [5.41, 5.74) is 6.28. The normalized spacial score (nSPS) is 49.9. The van der Waals surface area contributed by atoms with Crippen molar-refractivity contribution < 1.29 is 5.11 Å². The summed E-state index contributed by atoms with van der Waals surface area (Å²) in [5, 5.41) is 17.5. The second-order valence-electron chi connectivity index (χ2n) is 7.33. The van der Waals surface area contributed by atoms with Crippen molar-refractivity contribution in [3.8, 4) is 0 Å². The van der Waals surface area contributed by atoms with E-state index in [1.807, 2.05) is 0 Å². The third-order valence-electron chi connectivity index (χ3n) is 5.60. The van der Waals surface area contributed by atoms with E-state index < -0.39 is 0 Å². The standard InChI is InChI=1S/C15H31N5O/c1-10-7-20(9-14(10)16)15(19-5-4-13(21)8-19)12(3)18-11(2)6-17-15/h10-14,17-18,21H,4-9,16H2,1-3H3. The number of β-amino-alcohol motifs (C(OH)–C–C–N with tert-alkyl or cyclic N) is 1. The van der Waals surface area contributed by atoms with Crippen molar-refractivity contribution in [3.63, 3.8) is 0 Å². The molecule has 0 radical (unpaired) electrons. The van der Waals surface area contributed by atoms with Gasteiger partial charge in [-0.1, -0.05) is 6.92 Å². The van der Waals surface area contributed by atoms with Gasteiger partial charge in [0.05, 0.1) is 12.1 Å². The number of aliphatic hydroxyl groups excluding tert-OH is 1. The molecule has 0 aromatic rings. The minimum Gasteiger partial charge on any atom is -0.392 e. The molecule has 0 aromatic heterocycles. The molecule has 6 atom stereocenters. The first-order valence-electron chi connectivity index (χ1n) is 8.38. The van der Waals surface area contributed by atoms with Gasteiger partial charge >= 0.3 is 0 Å². The van der Waals surface area contributed by atoms with E-state index in [-0.39, 0.29) is 17.9 Å². The highest BCUT2D eigenvalue weighted by Gasteiger charge is 2.53. The maximum Gasteiger partial charge on any atom is 0.144 e. The van der Waals surface area contributed by atoms with E-state index in [1.165, 1.54) is 0 Å². The Hall–Kier alpha value is -0.240. The topological polar surface area (TPSA) is 76.8 Å². The molecule has 0 aromatic carbocycles. The minimum absolute atomic E-state index is 0.205. The minimum atomic E-state index is -0.216. The monoisotopic (exact) mass is 297 g/mol. The molecule has 0 bridgehead atoms. The molecule has 3 aliphatic rings. The van der Waals surface area contributed by atoms with Crippen LogP contribution < -0.4 is 16.4 Å². The Bertz CT molecular complexity index is 371. The fraction of sp³-hybridized carbons (Fsp3) is 1.00. The van der Waals surface area contributed by atoms with Crippen molar-refractivity contribution in [2.45, 2.75) is 57.2 Å². The fourth-order valence-electron chi connectivity index (χ4n) is 4.35. The number of nitrogens with one attached hydrogen (secondary N) is 2. The maximum absolute atomic E-state index is 10.00. The Morgan fingerprint density at radius 1 is 1.14 bits per heavy atom. The number of aliphatic hydroxyl groups is 1. The number of likely N-dealkylation sites (tertiary alicyclic amines) is 2. The quantitative estimate of drug-likeness (QED) is 0.521. The molecule has 3 rings (SSSR count). The molecule has 6 heteroatoms. The molecule has 3 aliphatic heterocycles. The summed E-state index contributed by atoms with van der Waals surface area (Å²) in [6.45, 7) is 11.3. The number of hydrogen-bond acceptors (Lipinski definition) is 6. The molecular weight excluding hydrogens is 266 g/mol. The number of rotatable bonds is 2. The fourth-order valence-corrected chi connectivity index (χ4v) is 4.35. The molecule has 0 amide bonds. The van der Waals surface area contributed by atoms with E-state index in [0.717, 1.165) is 39.1 Å². The first kappa shape index (κ1) is 15.6. The zero-order chi connectivity index (χ0) is 15.2. The second kappa shape index (κ2) is 5.76. The molecule has 5 N–H and O–H groups in total. The summed E-state index contributed by atoms with van der Waals surface area (Å²) >= 11 is 0. The summed E-state index contributed by atoms with van der Waals surface area (Å²) in [7, 11) is 0. The molecule has 3 fully saturated rings. The molecule has 3 saturated heterocycles. The predicted molar refractivity (Wildman–Crippen MR) is 83.7 cm³/mol. The Morgan fingerprint density at radius 3 is 2.43 bits per heavy atom. The Kier molecular flexibility index (Phi) is 4.29. The first-order valence-corrected chi connectivity index (χ1v) is 8.38. The van der Waals surface area contributed by atoms with Crippen LogP contribution in [0.3, 0.4) is 0 Å². The van der Waals surface area contributed by atoms with Gasteiger partial charge in [0, 0.05) is 44.8 Å². The highest BCUT2D eigenvalue weighted by atomic mass is 16.3. The lowest BCUT2D eigenvalue weighted by Crippen LogP contribution is -2.80. The highest BCUT2D eigenvalue weighted by Crippen LogP contribution is 2.33. The van der Waals surface area contributed by atoms with Gasteiger partial charge in [-0.2, -0.15) is 0 Å². The molecule has 0 saturated carbocycles. The SMILES string of the molecule is CC1CNC(N2CCC(O)C2)(N2CC(C)C(N)C2)C(C)N1. The number of nitrogens with zero attached hydrogens (tertiary/aromatic N) is 2. The third-order valence-corrected chi connectivity index (χ3v) is 5.60. The summed E-state index contributed by atoms with van der Waals surface area (Å²) < 4.78 is 0. The van der Waals surface area contributed by atoms with Crippen LogP contribution in [0.2, 0.25) is 0 Å². The number of piperazine rings is 1. The molecule has 0 aliphatic carbocycles. The average molecular weight is 297 g/mol. The van der Waals surface area contributed by atoms with Crippen LogP contribution in [0.5, 0.6) is 0 Å². The van der Waals surface area contributed by atoms with Crippen LogP contribution in [-0.2, 0) is 0 Å². The average Bonchev–Trinajstić information content (AvgIpc) is 2.98. The van der Waals surface area contributed by atoms with Crippen molar-refractivity contribution in [1.82, 2.24) is 20.4 Å². The van der Waals surface area contributed by atoms with Crippen LogP contribution in [0.4, 0.5) is 0 Å². The number of nitrogens with two attached hydrogens (primary N) is 1. The van der Waals surface area contributed by atoms with E-state index in [1.54, 1.807) is 0 Å². The van der Waals surface area contributed by atoms with Crippen molar-refractivity contribution in [2.24, 2.45) is 11.7 Å². The molecule has 6 unspecified atom stereocenters. The summed E-state index contributed by atoms with van der Waals surface area (Å²) in [6.07, 6.45) is 0.658. The van der Waals surface area contributed by atoms with Gasteiger partial charge in [-0.25, -0.2) is 0 Å². The van der Waals surface area contributed by atoms with Crippen LogP contribution >= 0.6 is 0 Å². The van der Waals surface area contributed by atoms with Crippen LogP contribution in [0.1, 0.15) is 27.2 Å². The highest BCUT2D eigenvalue weighted by molar-refractivity contribution is 5.06. The maximum atomic E-state index is 10.00. The van der Waals surface area contributed by atoms with E-state index in [2.05, 4.69) is 41.2 Å². The molecule has 0 spiro atoms. The third kappa shape index (κ3) is 2.62. The molecule has 3 heterocycles. The number of hydrogen-bond donors (Lipinski definition) is 4. The smallest absolute Gasteiger partial charge is 0.144 e. The van der Waals surface area contributed by atoms with Gasteiger partial charge in [-0.3, -0.25) is 15.1 Å². The summed E-state index contributed by atoms with van der Waals surface area (Å²) in [5.74, 6) is 0.301. The Morgan fingerprint density at radius 2 is 1.90 bits per heavy atom. The van der Waals surface area contributed by atoms with Crippen molar-refractivity contribution in [2.75, 3.05) is 32.7 Å². The Labute approximate surface area is 128 Å². The molecule has 21 heavy (non-hydrogen) atoms. The van der Waals surface area contributed by atoms with Gasteiger partial charge in [0.25, 0.3) is 0 Å². The van der Waals surface area contributed by atoms with Gasteiger partial charge < -0.3 is 16.2 Å².